The van der Waals surface area contributed by atoms with Crippen LogP contribution in [0.2, 0.25) is 0 Å². The summed E-state index contributed by atoms with van der Waals surface area (Å²) in [6, 6.07) is 54.5. The average molecular weight is 734 g/mol. The molecule has 1 fully saturated rings. The highest BCUT2D eigenvalue weighted by molar-refractivity contribution is 6.03. The molecule has 2 N–H and O–H groups in total. The molecule has 1 aliphatic carbocycles. The zero-order valence-electron chi connectivity index (χ0n) is 30.8. The fourth-order valence-electron chi connectivity index (χ4n) is 8.91. The number of fused-ring (bicyclic) bond motifs is 4. The molecular weight excluding hydrogens is 693 g/mol. The van der Waals surface area contributed by atoms with Crippen LogP contribution in [0.15, 0.2) is 170 Å². The van der Waals surface area contributed by atoms with E-state index in [2.05, 4.69) is 0 Å². The number of carbonyl (C=O) groups excluding carboxylic acids is 2. The first-order valence-electron chi connectivity index (χ1n) is 19.3. The van der Waals surface area contributed by atoms with Crippen LogP contribution in [0.4, 0.5) is 0 Å². The Bertz CT molecular complexity index is 2650. The minimum absolute atomic E-state index is 0.303. The summed E-state index contributed by atoms with van der Waals surface area (Å²) in [7, 11) is 0. The van der Waals surface area contributed by atoms with Crippen LogP contribution in [-0.4, -0.2) is 43.8 Å². The van der Waals surface area contributed by atoms with Gasteiger partial charge in [0, 0.05) is 11.2 Å². The molecule has 8 aromatic carbocycles. The minimum Gasteiger partial charge on any atom is -0.285 e. The summed E-state index contributed by atoms with van der Waals surface area (Å²) in [6.07, 6.45) is 2.13. The number of hydrogen-bond acceptors (Lipinski definition) is 4. The van der Waals surface area contributed by atoms with Gasteiger partial charge in [-0.1, -0.05) is 176 Å². The van der Waals surface area contributed by atoms with E-state index in [-0.39, 0.29) is 0 Å². The minimum atomic E-state index is -0.932. The van der Waals surface area contributed by atoms with Crippen molar-refractivity contribution in [1.29, 1.82) is 0 Å². The predicted octanol–water partition coefficient (Wildman–Crippen LogP) is 10.8. The summed E-state index contributed by atoms with van der Waals surface area (Å²) in [5, 5.41) is 32.9. The largest absolute Gasteiger partial charge is 0.445 e. The van der Waals surface area contributed by atoms with Crippen molar-refractivity contribution in [3.8, 4) is 0 Å². The fraction of sp³-hybridized carbons (Fsp3) is 0.140. The Morgan fingerprint density at radius 2 is 0.857 bits per heavy atom. The van der Waals surface area contributed by atoms with Gasteiger partial charge in [0.2, 0.25) is 5.71 Å². The predicted molar refractivity (Wildman–Crippen MR) is 222 cm³/mol. The molecule has 1 atom stereocenters. The van der Waals surface area contributed by atoms with Crippen molar-refractivity contribution < 1.29 is 24.7 Å². The Kier molecular flexibility index (Phi) is 9.33. The topological polar surface area (TPSA) is 80.8 Å². The Hall–Kier alpha value is -6.63. The lowest BCUT2D eigenvalue weighted by molar-refractivity contribution is -0.708. The second-order valence-corrected chi connectivity index (χ2v) is 14.7. The van der Waals surface area contributed by atoms with Crippen molar-refractivity contribution in [1.82, 2.24) is 5.06 Å². The molecule has 2 amide bonds. The van der Waals surface area contributed by atoms with Gasteiger partial charge in [0.05, 0.1) is 5.92 Å². The molecule has 0 bridgehead atoms. The van der Waals surface area contributed by atoms with Gasteiger partial charge in [-0.25, -0.2) is 9.86 Å². The van der Waals surface area contributed by atoms with Crippen LogP contribution in [-0.2, 0) is 9.59 Å². The molecule has 0 spiro atoms. The molecule has 0 heterocycles. The third-order valence-electron chi connectivity index (χ3n) is 11.6. The Morgan fingerprint density at radius 3 is 1.27 bits per heavy atom. The lowest BCUT2D eigenvalue weighted by Gasteiger charge is -2.31. The van der Waals surface area contributed by atoms with E-state index in [1.54, 1.807) is 0 Å². The maximum absolute atomic E-state index is 15.1. The maximum Gasteiger partial charge on any atom is 0.445 e. The molecule has 1 unspecified atom stereocenters. The first kappa shape index (κ1) is 35.1. The van der Waals surface area contributed by atoms with Crippen molar-refractivity contribution in [3.63, 3.8) is 0 Å². The van der Waals surface area contributed by atoms with E-state index in [0.717, 1.165) is 75.1 Å². The van der Waals surface area contributed by atoms with Crippen LogP contribution < -0.4 is 0 Å². The van der Waals surface area contributed by atoms with Crippen LogP contribution in [0.5, 0.6) is 0 Å². The molecule has 9 rings (SSSR count). The lowest BCUT2D eigenvalue weighted by Crippen LogP contribution is -2.50. The van der Waals surface area contributed by atoms with Gasteiger partial charge in [-0.05, 0) is 78.2 Å². The van der Waals surface area contributed by atoms with E-state index in [0.29, 0.717) is 31.4 Å². The molecule has 1 aliphatic rings. The second-order valence-electron chi connectivity index (χ2n) is 14.7. The van der Waals surface area contributed by atoms with Gasteiger partial charge in [-0.2, -0.15) is 0 Å². The van der Waals surface area contributed by atoms with Gasteiger partial charge in [-0.3, -0.25) is 15.2 Å². The van der Waals surface area contributed by atoms with Crippen molar-refractivity contribution in [2.45, 2.75) is 43.6 Å². The van der Waals surface area contributed by atoms with Gasteiger partial charge in [0.25, 0.3) is 5.91 Å². The summed E-state index contributed by atoms with van der Waals surface area (Å²) in [6.45, 7) is 0. The molecule has 0 radical (unpaired) electrons. The number of nitrogens with zero attached hydrogens (tertiary/aromatic N) is 2. The second kappa shape index (κ2) is 14.9. The van der Waals surface area contributed by atoms with Crippen molar-refractivity contribution in [3.05, 3.63) is 192 Å². The smallest absolute Gasteiger partial charge is 0.285 e. The van der Waals surface area contributed by atoms with Gasteiger partial charge >= 0.3 is 5.91 Å². The number of carbonyl (C=O) groups is 2. The summed E-state index contributed by atoms with van der Waals surface area (Å²) >= 11 is 0. The van der Waals surface area contributed by atoms with Crippen LogP contribution in [0.25, 0.3) is 43.1 Å². The van der Waals surface area contributed by atoms with E-state index in [1.165, 1.54) is 0 Å². The SMILES string of the molecule is O=C(C(c1cccc2ccccc12)c1cccc2ccccc12)N(O)C1CCCC/C1=[N+](/O)C(=O)C(c1cccc2ccccc12)c1cccc2ccccc12. The fourth-order valence-corrected chi connectivity index (χ4v) is 8.91. The van der Waals surface area contributed by atoms with Crippen LogP contribution >= 0.6 is 0 Å². The van der Waals surface area contributed by atoms with E-state index >= 15 is 9.59 Å². The highest BCUT2D eigenvalue weighted by Gasteiger charge is 2.44. The molecule has 274 valence electrons. The number of rotatable bonds is 7. The summed E-state index contributed by atoms with van der Waals surface area (Å²) < 4.78 is 0.749. The molecule has 6 heteroatoms. The Balaban J connectivity index is 1.18. The zero-order valence-corrected chi connectivity index (χ0v) is 30.8. The van der Waals surface area contributed by atoms with E-state index in [1.807, 2.05) is 170 Å². The normalized spacial score (nSPS) is 15.5. The molecule has 6 nitrogen and oxygen atoms in total. The first-order chi connectivity index (χ1) is 27.5. The van der Waals surface area contributed by atoms with Crippen LogP contribution in [0, 0.1) is 0 Å². The zero-order chi connectivity index (χ0) is 38.2. The number of amides is 2. The highest BCUT2D eigenvalue weighted by atomic mass is 16.5. The first-order valence-corrected chi connectivity index (χ1v) is 19.3. The number of hydrogen-bond donors (Lipinski definition) is 2. The lowest BCUT2D eigenvalue weighted by atomic mass is 9.83. The molecule has 0 aliphatic heterocycles. The average Bonchev–Trinajstić information content (AvgIpc) is 3.26. The quantitative estimate of drug-likeness (QED) is 0.0740. The van der Waals surface area contributed by atoms with Gasteiger partial charge in [0.15, 0.2) is 0 Å². The van der Waals surface area contributed by atoms with E-state index in [9.17, 15) is 10.4 Å². The monoisotopic (exact) mass is 733 g/mol. The Morgan fingerprint density at radius 1 is 0.500 bits per heavy atom. The highest BCUT2D eigenvalue weighted by Crippen LogP contribution is 2.39. The van der Waals surface area contributed by atoms with Crippen molar-refractivity contribution >= 4 is 60.6 Å². The summed E-state index contributed by atoms with van der Waals surface area (Å²) in [5.74, 6) is -2.82. The summed E-state index contributed by atoms with van der Waals surface area (Å²) in [5.41, 5.74) is 3.37. The molecule has 0 saturated heterocycles. The molecule has 8 aromatic rings. The third kappa shape index (κ3) is 6.18. The number of benzene rings is 8. The molecule has 56 heavy (non-hydrogen) atoms. The third-order valence-corrected chi connectivity index (χ3v) is 11.6. The van der Waals surface area contributed by atoms with Gasteiger partial charge in [-0.15, -0.1) is 0 Å². The number of hydroxylamine groups is 3. The van der Waals surface area contributed by atoms with Crippen molar-refractivity contribution in [2.75, 3.05) is 0 Å². The molecular formula is C50H41N2O4+. The van der Waals surface area contributed by atoms with Crippen LogP contribution in [0.1, 0.15) is 59.8 Å². The van der Waals surface area contributed by atoms with Gasteiger partial charge in [0.1, 0.15) is 12.0 Å². The van der Waals surface area contributed by atoms with Crippen molar-refractivity contribution in [2.24, 2.45) is 0 Å². The molecule has 1 saturated carbocycles. The van der Waals surface area contributed by atoms with Gasteiger partial charge < -0.3 is 0 Å². The standard InChI is InChI=1S/C50H41N2O4/c53-49(47(41-27-11-19-33-15-1-5-23-37(33)41)42-28-12-20-34-16-2-6-24-38(34)42)51(55)45-31-9-10-32-46(45)52(56)50(54)48(43-29-13-21-35-17-3-7-25-39(35)43)44-30-14-22-36-18-4-8-26-40(36)44/h1-8,11-30,45,47-48,55-56H,9-10,31-32H2/q+1/b52-46-. The maximum atomic E-state index is 15.1. The Labute approximate surface area is 325 Å². The molecule has 0 aromatic heterocycles. The van der Waals surface area contributed by atoms with E-state index < -0.39 is 29.7 Å². The van der Waals surface area contributed by atoms with Crippen LogP contribution in [0.3, 0.4) is 0 Å². The van der Waals surface area contributed by atoms with E-state index in [4.69, 9.17) is 0 Å². The summed E-state index contributed by atoms with van der Waals surface area (Å²) in [4.78, 5) is 30.2.